The molecule has 1 fully saturated rings. The number of amides is 1. The van der Waals surface area contributed by atoms with Crippen LogP contribution in [0.3, 0.4) is 0 Å². The van der Waals surface area contributed by atoms with Crippen LogP contribution in [0.1, 0.15) is 60.3 Å². The van der Waals surface area contributed by atoms with Crippen LogP contribution in [0.2, 0.25) is 0 Å². The second-order valence-electron chi connectivity index (χ2n) is 6.76. The molecule has 1 aliphatic rings. The first-order valence-corrected chi connectivity index (χ1v) is 7.39. The van der Waals surface area contributed by atoms with E-state index in [-0.39, 0.29) is 17.5 Å². The Labute approximate surface area is 112 Å². The Bertz CT molecular complexity index is 270. The molecule has 0 unspecified atom stereocenters. The summed E-state index contributed by atoms with van der Waals surface area (Å²) in [5, 5.41) is 3.13. The van der Waals surface area contributed by atoms with Gasteiger partial charge in [-0.3, -0.25) is 9.69 Å². The zero-order chi connectivity index (χ0) is 13.8. The van der Waals surface area contributed by atoms with E-state index in [1.165, 1.54) is 19.3 Å². The topological polar surface area (TPSA) is 32.3 Å². The molecule has 1 amide bonds. The Balaban J connectivity index is 2.61. The Hall–Kier alpha value is -0.570. The van der Waals surface area contributed by atoms with Gasteiger partial charge in [0.25, 0.3) is 0 Å². The third-order valence-electron chi connectivity index (χ3n) is 3.66. The van der Waals surface area contributed by atoms with Gasteiger partial charge in [0.15, 0.2) is 0 Å². The Morgan fingerprint density at radius 3 is 2.61 bits per heavy atom. The summed E-state index contributed by atoms with van der Waals surface area (Å²) in [6.07, 6.45) is 4.61. The smallest absolute Gasteiger partial charge is 0.237 e. The first kappa shape index (κ1) is 15.5. The molecule has 0 aromatic rings. The molecule has 0 spiro atoms. The van der Waals surface area contributed by atoms with E-state index in [2.05, 4.69) is 24.1 Å². The summed E-state index contributed by atoms with van der Waals surface area (Å²) < 4.78 is 0. The first-order chi connectivity index (χ1) is 8.33. The summed E-state index contributed by atoms with van der Waals surface area (Å²) >= 11 is 0. The highest BCUT2D eigenvalue weighted by atomic mass is 16.2. The van der Waals surface area contributed by atoms with Crippen molar-refractivity contribution in [2.45, 2.75) is 71.9 Å². The van der Waals surface area contributed by atoms with Gasteiger partial charge in [0.1, 0.15) is 0 Å². The van der Waals surface area contributed by atoms with Crippen LogP contribution in [0.5, 0.6) is 0 Å². The van der Waals surface area contributed by atoms with Gasteiger partial charge in [0.2, 0.25) is 5.91 Å². The lowest BCUT2D eigenvalue weighted by molar-refractivity contribution is -0.129. The molecule has 1 saturated heterocycles. The zero-order valence-electron chi connectivity index (χ0n) is 12.8. The predicted octanol–water partition coefficient (Wildman–Crippen LogP) is 2.80. The monoisotopic (exact) mass is 254 g/mol. The van der Waals surface area contributed by atoms with Crippen LogP contribution >= 0.6 is 0 Å². The molecule has 3 nitrogen and oxygen atoms in total. The summed E-state index contributed by atoms with van der Waals surface area (Å²) in [6, 6.07) is 0.0898. The average Bonchev–Trinajstić information content (AvgIpc) is 2.27. The highest BCUT2D eigenvalue weighted by Gasteiger charge is 2.30. The van der Waals surface area contributed by atoms with Gasteiger partial charge >= 0.3 is 0 Å². The van der Waals surface area contributed by atoms with E-state index in [1.54, 1.807) is 0 Å². The van der Waals surface area contributed by atoms with Gasteiger partial charge in [0.05, 0.1) is 6.04 Å². The minimum absolute atomic E-state index is 0.0898. The van der Waals surface area contributed by atoms with Gasteiger partial charge in [-0.2, -0.15) is 0 Å². The molecule has 0 saturated carbocycles. The highest BCUT2D eigenvalue weighted by molar-refractivity contribution is 5.82. The van der Waals surface area contributed by atoms with Crippen molar-refractivity contribution in [3.63, 3.8) is 0 Å². The van der Waals surface area contributed by atoms with E-state index >= 15 is 0 Å². The zero-order valence-corrected chi connectivity index (χ0v) is 12.8. The second kappa shape index (κ2) is 6.55. The molecule has 0 aromatic carbocycles. The minimum atomic E-state index is -0.128. The Kier molecular flexibility index (Phi) is 5.64. The third-order valence-corrected chi connectivity index (χ3v) is 3.66. The van der Waals surface area contributed by atoms with E-state index in [1.807, 2.05) is 20.8 Å². The molecule has 1 N–H and O–H groups in total. The molecule has 1 heterocycles. The van der Waals surface area contributed by atoms with E-state index in [0.717, 1.165) is 19.5 Å². The van der Waals surface area contributed by atoms with Gasteiger partial charge in [0, 0.05) is 12.1 Å². The molecule has 106 valence electrons. The molecular weight excluding hydrogens is 224 g/mol. The number of piperidine rings is 1. The summed E-state index contributed by atoms with van der Waals surface area (Å²) in [5.41, 5.74) is -0.128. The van der Waals surface area contributed by atoms with Crippen molar-refractivity contribution in [3.8, 4) is 0 Å². The first-order valence-electron chi connectivity index (χ1n) is 7.39. The molecule has 0 aromatic heterocycles. The number of hydrogen-bond donors (Lipinski definition) is 1. The molecule has 1 rings (SSSR count). The molecule has 1 aliphatic heterocycles. The number of likely N-dealkylation sites (tertiary alicyclic amines) is 1. The van der Waals surface area contributed by atoms with Crippen LogP contribution in [-0.4, -0.2) is 35.5 Å². The Morgan fingerprint density at radius 2 is 2.06 bits per heavy atom. The van der Waals surface area contributed by atoms with Gasteiger partial charge < -0.3 is 5.32 Å². The van der Waals surface area contributed by atoms with Gasteiger partial charge in [-0.15, -0.1) is 0 Å². The molecule has 3 heteroatoms. The van der Waals surface area contributed by atoms with Crippen molar-refractivity contribution in [2.75, 3.05) is 13.1 Å². The maximum atomic E-state index is 12.3. The van der Waals surface area contributed by atoms with Crippen molar-refractivity contribution in [1.82, 2.24) is 10.2 Å². The number of nitrogens with zero attached hydrogens (tertiary/aromatic N) is 1. The minimum Gasteiger partial charge on any atom is -0.350 e. The number of carbonyl (C=O) groups is 1. The fraction of sp³-hybridized carbons (Fsp3) is 0.933. The van der Waals surface area contributed by atoms with Gasteiger partial charge in [-0.1, -0.05) is 26.7 Å². The fourth-order valence-electron chi connectivity index (χ4n) is 2.49. The summed E-state index contributed by atoms with van der Waals surface area (Å²) in [4.78, 5) is 14.7. The van der Waals surface area contributed by atoms with E-state index < -0.39 is 0 Å². The van der Waals surface area contributed by atoms with E-state index in [0.29, 0.717) is 5.92 Å². The van der Waals surface area contributed by atoms with Crippen LogP contribution in [0.15, 0.2) is 0 Å². The maximum Gasteiger partial charge on any atom is 0.237 e. The van der Waals surface area contributed by atoms with Crippen LogP contribution < -0.4 is 5.32 Å². The molecule has 2 atom stereocenters. The largest absolute Gasteiger partial charge is 0.350 e. The summed E-state index contributed by atoms with van der Waals surface area (Å²) in [5.74, 6) is 0.888. The SMILES string of the molecule is CC[C@@H](C)CN1CCCC[C@H]1C(=O)NC(C)(C)C. The second-order valence-corrected chi connectivity index (χ2v) is 6.76. The predicted molar refractivity (Wildman–Crippen MR) is 76.6 cm³/mol. The van der Waals surface area contributed by atoms with Crippen molar-refractivity contribution >= 4 is 5.91 Å². The van der Waals surface area contributed by atoms with Crippen LogP contribution in [0, 0.1) is 5.92 Å². The fourth-order valence-corrected chi connectivity index (χ4v) is 2.49. The van der Waals surface area contributed by atoms with Gasteiger partial charge in [-0.05, 0) is 46.1 Å². The maximum absolute atomic E-state index is 12.3. The molecule has 18 heavy (non-hydrogen) atoms. The molecular formula is C15H30N2O. The summed E-state index contributed by atoms with van der Waals surface area (Å²) in [6.45, 7) is 12.8. The summed E-state index contributed by atoms with van der Waals surface area (Å²) in [7, 11) is 0. The van der Waals surface area contributed by atoms with Crippen LogP contribution in [-0.2, 0) is 4.79 Å². The number of nitrogens with one attached hydrogen (secondary N) is 1. The van der Waals surface area contributed by atoms with Crippen molar-refractivity contribution in [1.29, 1.82) is 0 Å². The highest BCUT2D eigenvalue weighted by Crippen LogP contribution is 2.20. The van der Waals surface area contributed by atoms with Crippen molar-refractivity contribution < 1.29 is 4.79 Å². The molecule has 0 radical (unpaired) electrons. The lowest BCUT2D eigenvalue weighted by atomic mass is 9.97. The van der Waals surface area contributed by atoms with E-state index in [4.69, 9.17) is 0 Å². The standard InChI is InChI=1S/C15H30N2O/c1-6-12(2)11-17-10-8-7-9-13(17)14(18)16-15(3,4)5/h12-13H,6-11H2,1-5H3,(H,16,18)/t12-,13+/m1/s1. The number of hydrogen-bond acceptors (Lipinski definition) is 2. The van der Waals surface area contributed by atoms with Crippen LogP contribution in [0.4, 0.5) is 0 Å². The lowest BCUT2D eigenvalue weighted by Gasteiger charge is -2.37. The van der Waals surface area contributed by atoms with Crippen molar-refractivity contribution in [3.05, 3.63) is 0 Å². The number of rotatable bonds is 4. The van der Waals surface area contributed by atoms with E-state index in [9.17, 15) is 4.79 Å². The Morgan fingerprint density at radius 1 is 1.39 bits per heavy atom. The number of carbonyl (C=O) groups excluding carboxylic acids is 1. The van der Waals surface area contributed by atoms with Crippen LogP contribution in [0.25, 0.3) is 0 Å². The van der Waals surface area contributed by atoms with Crippen molar-refractivity contribution in [2.24, 2.45) is 5.92 Å². The third kappa shape index (κ3) is 4.97. The molecule has 0 aliphatic carbocycles. The molecule has 0 bridgehead atoms. The average molecular weight is 254 g/mol. The quantitative estimate of drug-likeness (QED) is 0.836. The normalized spacial score (nSPS) is 23.7. The van der Waals surface area contributed by atoms with Gasteiger partial charge in [-0.25, -0.2) is 0 Å². The lowest BCUT2D eigenvalue weighted by Crippen LogP contribution is -2.54.